The molecule has 176 valence electrons. The fourth-order valence-corrected chi connectivity index (χ4v) is 6.26. The summed E-state index contributed by atoms with van der Waals surface area (Å²) in [5, 5.41) is 3.03. The minimum Gasteiger partial charge on any atom is -0.325 e. The molecule has 0 bridgehead atoms. The highest BCUT2D eigenvalue weighted by molar-refractivity contribution is 7.92. The molecule has 0 saturated carbocycles. The van der Waals surface area contributed by atoms with Crippen LogP contribution in [0.3, 0.4) is 0 Å². The summed E-state index contributed by atoms with van der Waals surface area (Å²) in [6.07, 6.45) is 2.93. The predicted octanol–water partition coefficient (Wildman–Crippen LogP) is 4.11. The maximum Gasteiger partial charge on any atom is 0.238 e. The second-order valence-corrected chi connectivity index (χ2v) is 11.2. The molecule has 2 aliphatic heterocycles. The molecule has 7 heteroatoms. The molecule has 34 heavy (non-hydrogen) atoms. The third kappa shape index (κ3) is 4.45. The number of carbonyl (C=O) groups excluding carboxylic acids is 1. The number of nitrogens with zero attached hydrogens (tertiary/aromatic N) is 2. The molecule has 0 aromatic heterocycles. The maximum absolute atomic E-state index is 12.8. The van der Waals surface area contributed by atoms with Crippen molar-refractivity contribution in [2.75, 3.05) is 42.1 Å². The van der Waals surface area contributed by atoms with E-state index in [2.05, 4.69) is 28.4 Å². The lowest BCUT2D eigenvalue weighted by atomic mass is 9.74. The van der Waals surface area contributed by atoms with Crippen LogP contribution in [0.15, 0.2) is 78.9 Å². The number of benzene rings is 3. The highest BCUT2D eigenvalue weighted by Crippen LogP contribution is 2.47. The van der Waals surface area contributed by atoms with Gasteiger partial charge in [0.05, 0.1) is 18.5 Å². The Morgan fingerprint density at radius 3 is 2.32 bits per heavy atom. The predicted molar refractivity (Wildman–Crippen MR) is 136 cm³/mol. The fourth-order valence-electron chi connectivity index (χ4n) is 5.26. The summed E-state index contributed by atoms with van der Waals surface area (Å²) < 4.78 is 26.3. The van der Waals surface area contributed by atoms with Gasteiger partial charge < -0.3 is 5.32 Å². The van der Waals surface area contributed by atoms with Gasteiger partial charge in [-0.3, -0.25) is 14.0 Å². The minimum atomic E-state index is -3.33. The average Bonchev–Trinajstić information content (AvgIpc) is 3.16. The third-order valence-corrected chi connectivity index (χ3v) is 8.15. The molecule has 0 atom stereocenters. The first-order valence-corrected chi connectivity index (χ1v) is 13.4. The first-order valence-electron chi connectivity index (χ1n) is 11.6. The van der Waals surface area contributed by atoms with Gasteiger partial charge in [-0.1, -0.05) is 60.7 Å². The van der Waals surface area contributed by atoms with Gasteiger partial charge >= 0.3 is 0 Å². The number of rotatable bonds is 5. The van der Waals surface area contributed by atoms with Crippen molar-refractivity contribution in [2.45, 2.75) is 18.3 Å². The zero-order valence-electron chi connectivity index (χ0n) is 19.3. The molecule has 5 rings (SSSR count). The van der Waals surface area contributed by atoms with Crippen molar-refractivity contribution >= 4 is 27.3 Å². The molecule has 2 aliphatic rings. The monoisotopic (exact) mass is 475 g/mol. The van der Waals surface area contributed by atoms with Crippen LogP contribution >= 0.6 is 0 Å². The Bertz CT molecular complexity index is 1300. The van der Waals surface area contributed by atoms with Crippen LogP contribution in [0.1, 0.15) is 18.4 Å². The van der Waals surface area contributed by atoms with E-state index in [1.807, 2.05) is 60.7 Å². The van der Waals surface area contributed by atoms with Crippen LogP contribution in [0.25, 0.3) is 11.1 Å². The molecule has 1 fully saturated rings. The number of hydrogen-bond donors (Lipinski definition) is 1. The van der Waals surface area contributed by atoms with E-state index in [4.69, 9.17) is 0 Å². The Kier molecular flexibility index (Phi) is 5.91. The number of piperidine rings is 1. The summed E-state index contributed by atoms with van der Waals surface area (Å²) in [4.78, 5) is 14.9. The van der Waals surface area contributed by atoms with Crippen molar-refractivity contribution in [3.8, 4) is 11.1 Å². The summed E-state index contributed by atoms with van der Waals surface area (Å²) in [5.41, 5.74) is 4.69. The molecule has 3 aromatic rings. The molecule has 1 spiro atoms. The van der Waals surface area contributed by atoms with Crippen molar-refractivity contribution in [3.63, 3.8) is 0 Å². The van der Waals surface area contributed by atoms with Gasteiger partial charge in [0.1, 0.15) is 0 Å². The summed E-state index contributed by atoms with van der Waals surface area (Å²) >= 11 is 0. The molecule has 3 aromatic carbocycles. The van der Waals surface area contributed by atoms with Crippen LogP contribution in [0, 0.1) is 0 Å². The van der Waals surface area contributed by atoms with E-state index in [9.17, 15) is 13.2 Å². The van der Waals surface area contributed by atoms with Gasteiger partial charge in [0, 0.05) is 17.6 Å². The number of hydrogen-bond acceptors (Lipinski definition) is 4. The molecule has 2 heterocycles. The Labute approximate surface area is 201 Å². The van der Waals surface area contributed by atoms with Crippen molar-refractivity contribution in [1.29, 1.82) is 0 Å². The Hall–Kier alpha value is -3.16. The number of carbonyl (C=O) groups is 1. The average molecular weight is 476 g/mol. The van der Waals surface area contributed by atoms with Crippen LogP contribution in [0.4, 0.5) is 11.4 Å². The van der Waals surface area contributed by atoms with E-state index >= 15 is 0 Å². The van der Waals surface area contributed by atoms with Gasteiger partial charge in [0.25, 0.3) is 0 Å². The normalized spacial score (nSPS) is 17.5. The van der Waals surface area contributed by atoms with Gasteiger partial charge in [-0.05, 0) is 60.8 Å². The summed E-state index contributed by atoms with van der Waals surface area (Å²) in [6.45, 7) is 2.31. The highest BCUT2D eigenvalue weighted by Gasteiger charge is 2.46. The number of sulfonamides is 1. The number of amides is 1. The Balaban J connectivity index is 1.22. The molecular formula is C27H29N3O3S. The number of para-hydroxylation sites is 1. The number of anilines is 2. The first kappa shape index (κ1) is 22.6. The molecule has 6 nitrogen and oxygen atoms in total. The summed E-state index contributed by atoms with van der Waals surface area (Å²) in [5.74, 6) is -0.0363. The van der Waals surface area contributed by atoms with Crippen molar-refractivity contribution in [2.24, 2.45) is 0 Å². The van der Waals surface area contributed by atoms with Crippen LogP contribution in [-0.2, 0) is 20.2 Å². The second kappa shape index (κ2) is 8.89. The van der Waals surface area contributed by atoms with Gasteiger partial charge in [-0.25, -0.2) is 8.42 Å². The molecule has 1 amide bonds. The van der Waals surface area contributed by atoms with E-state index < -0.39 is 10.0 Å². The van der Waals surface area contributed by atoms with E-state index in [1.54, 1.807) is 4.31 Å². The van der Waals surface area contributed by atoms with Crippen molar-refractivity contribution < 1.29 is 13.2 Å². The quantitative estimate of drug-likeness (QED) is 0.603. The molecule has 1 N–H and O–H groups in total. The second-order valence-electron chi connectivity index (χ2n) is 9.34. The number of nitrogens with one attached hydrogen (secondary N) is 1. The third-order valence-electron chi connectivity index (χ3n) is 7.02. The fraction of sp³-hybridized carbons (Fsp3) is 0.296. The standard InChI is InChI=1S/C27H29N3O3S/c1-34(32,33)30-20-27(24-12-5-6-13-25(24)30)14-16-29(17-15-27)19-26(31)28-23-11-7-10-22(18-23)21-8-3-2-4-9-21/h2-13,18H,14-17,19-20H2,1H3,(H,28,31). The largest absolute Gasteiger partial charge is 0.325 e. The molecule has 0 aliphatic carbocycles. The van der Waals surface area contributed by atoms with Crippen LogP contribution < -0.4 is 9.62 Å². The lowest BCUT2D eigenvalue weighted by molar-refractivity contribution is -0.117. The van der Waals surface area contributed by atoms with Crippen LogP contribution in [0.2, 0.25) is 0 Å². The highest BCUT2D eigenvalue weighted by atomic mass is 32.2. The van der Waals surface area contributed by atoms with Gasteiger partial charge in [0.15, 0.2) is 0 Å². The zero-order valence-corrected chi connectivity index (χ0v) is 20.1. The molecule has 1 saturated heterocycles. The maximum atomic E-state index is 12.8. The minimum absolute atomic E-state index is 0.0363. The van der Waals surface area contributed by atoms with Crippen LogP contribution in [-0.4, -0.2) is 51.7 Å². The van der Waals surface area contributed by atoms with E-state index in [0.29, 0.717) is 13.1 Å². The van der Waals surface area contributed by atoms with E-state index in [0.717, 1.165) is 54.0 Å². The topological polar surface area (TPSA) is 69.7 Å². The van der Waals surface area contributed by atoms with E-state index in [-0.39, 0.29) is 11.3 Å². The SMILES string of the molecule is CS(=O)(=O)N1CC2(CCN(CC(=O)Nc3cccc(-c4ccccc4)c3)CC2)c2ccccc21. The first-order chi connectivity index (χ1) is 16.3. The van der Waals surface area contributed by atoms with Crippen LogP contribution in [0.5, 0.6) is 0 Å². The number of fused-ring (bicyclic) bond motifs is 2. The lowest BCUT2D eigenvalue weighted by Gasteiger charge is -2.39. The van der Waals surface area contributed by atoms with Gasteiger partial charge in [-0.2, -0.15) is 0 Å². The summed E-state index contributed by atoms with van der Waals surface area (Å²) in [7, 11) is -3.33. The van der Waals surface area contributed by atoms with Gasteiger partial charge in [-0.15, -0.1) is 0 Å². The van der Waals surface area contributed by atoms with E-state index in [1.165, 1.54) is 6.26 Å². The lowest BCUT2D eigenvalue weighted by Crippen LogP contribution is -2.47. The Morgan fingerprint density at radius 2 is 1.59 bits per heavy atom. The van der Waals surface area contributed by atoms with Crippen molar-refractivity contribution in [1.82, 2.24) is 4.90 Å². The summed E-state index contributed by atoms with van der Waals surface area (Å²) in [6, 6.07) is 25.8. The molecule has 0 radical (unpaired) electrons. The zero-order chi connectivity index (χ0) is 23.8. The van der Waals surface area contributed by atoms with Crippen molar-refractivity contribution in [3.05, 3.63) is 84.4 Å². The Morgan fingerprint density at radius 1 is 0.912 bits per heavy atom. The molecular weight excluding hydrogens is 446 g/mol. The number of likely N-dealkylation sites (tertiary alicyclic amines) is 1. The smallest absolute Gasteiger partial charge is 0.238 e. The molecule has 0 unspecified atom stereocenters. The van der Waals surface area contributed by atoms with Gasteiger partial charge in [0.2, 0.25) is 15.9 Å².